The zero-order valence-corrected chi connectivity index (χ0v) is 5.30. The van der Waals surface area contributed by atoms with Gasteiger partial charge in [0.2, 0.25) is 0 Å². The summed E-state index contributed by atoms with van der Waals surface area (Å²) in [4.78, 5) is 21.8. The first-order valence-corrected chi connectivity index (χ1v) is 2.36. The fourth-order valence-electron chi connectivity index (χ4n) is 0.282. The van der Waals surface area contributed by atoms with Crippen LogP contribution in [0.25, 0.3) is 0 Å². The van der Waals surface area contributed by atoms with E-state index in [1.54, 1.807) is 0 Å². The Kier molecular flexibility index (Phi) is 4.06. The van der Waals surface area contributed by atoms with Gasteiger partial charge in [-0.2, -0.15) is 4.98 Å². The van der Waals surface area contributed by atoms with Crippen molar-refractivity contribution in [2.24, 2.45) is 5.73 Å². The molecule has 60 valence electrons. The van der Waals surface area contributed by atoms with Crippen LogP contribution < -0.4 is 5.73 Å². The molecule has 0 unspecified atom stereocenters. The van der Waals surface area contributed by atoms with Crippen molar-refractivity contribution in [3.63, 3.8) is 0 Å². The van der Waals surface area contributed by atoms with E-state index in [2.05, 4.69) is 14.7 Å². The molecule has 1 aromatic heterocycles. The number of aromatic nitrogens is 2. The predicted octanol–water partition coefficient (Wildman–Crippen LogP) is -1.13. The molecule has 0 saturated carbocycles. The first-order chi connectivity index (χ1) is 5.22. The second-order valence-electron chi connectivity index (χ2n) is 1.22. The van der Waals surface area contributed by atoms with Crippen molar-refractivity contribution in [2.45, 2.75) is 0 Å². The molecule has 7 heteroatoms. The van der Waals surface area contributed by atoms with Gasteiger partial charge < -0.3 is 15.4 Å². The topological polar surface area (TPSA) is 119 Å². The van der Waals surface area contributed by atoms with Crippen molar-refractivity contribution in [3.8, 4) is 0 Å². The second kappa shape index (κ2) is 4.91. The molecule has 7 nitrogen and oxygen atoms in total. The maximum Gasteiger partial charge on any atom is 0.315 e. The lowest BCUT2D eigenvalue weighted by atomic mass is 10.6. The number of nitrogens with two attached hydrogens (primary N) is 1. The minimum Gasteiger partial charge on any atom is -0.483 e. The first-order valence-electron chi connectivity index (χ1n) is 2.36. The molecule has 11 heavy (non-hydrogen) atoms. The number of carboxylic acid groups (broad SMARTS) is 1. The highest BCUT2D eigenvalue weighted by molar-refractivity contribution is 5.87. The standard InChI is InChI=1S/C3H3N3O2.CH2O2/c4-2(7)3-5-1-6-8-3;2-1-3/h1H,(H2,4,7);1H,(H,2,3). The van der Waals surface area contributed by atoms with Crippen LogP contribution in [0.2, 0.25) is 0 Å². The molecule has 0 aliphatic carbocycles. The van der Waals surface area contributed by atoms with Crippen LogP contribution in [-0.2, 0) is 4.79 Å². The summed E-state index contributed by atoms with van der Waals surface area (Å²) in [6.45, 7) is -0.250. The zero-order chi connectivity index (χ0) is 8.69. The van der Waals surface area contributed by atoms with Crippen LogP contribution in [-0.4, -0.2) is 27.6 Å². The maximum atomic E-state index is 10.1. The summed E-state index contributed by atoms with van der Waals surface area (Å²) in [5.74, 6) is -0.868. The molecule has 0 saturated heterocycles. The quantitative estimate of drug-likeness (QED) is 0.500. The lowest BCUT2D eigenvalue weighted by molar-refractivity contribution is -0.122. The molecule has 1 rings (SSSR count). The van der Waals surface area contributed by atoms with Gasteiger partial charge >= 0.3 is 11.8 Å². The predicted molar refractivity (Wildman–Crippen MR) is 31.5 cm³/mol. The van der Waals surface area contributed by atoms with Crippen LogP contribution in [0.15, 0.2) is 10.9 Å². The van der Waals surface area contributed by atoms with Crippen molar-refractivity contribution in [1.29, 1.82) is 0 Å². The van der Waals surface area contributed by atoms with E-state index in [0.717, 1.165) is 6.33 Å². The van der Waals surface area contributed by atoms with Crippen molar-refractivity contribution >= 4 is 12.4 Å². The maximum absolute atomic E-state index is 10.1. The second-order valence-corrected chi connectivity index (χ2v) is 1.22. The molecular formula is C4H5N3O4. The number of amides is 1. The Labute approximate surface area is 60.8 Å². The minimum absolute atomic E-state index is 0.162. The summed E-state index contributed by atoms with van der Waals surface area (Å²) in [6.07, 6.45) is 1.11. The van der Waals surface area contributed by atoms with Gasteiger partial charge in [-0.25, -0.2) is 0 Å². The number of nitrogens with zero attached hydrogens (tertiary/aromatic N) is 2. The SMILES string of the molecule is NC(=O)c1ncno1.O=CO. The van der Waals surface area contributed by atoms with Gasteiger partial charge in [0.25, 0.3) is 6.47 Å². The third kappa shape index (κ3) is 3.62. The van der Waals surface area contributed by atoms with Crippen LogP contribution in [0.4, 0.5) is 0 Å². The highest BCUT2D eigenvalue weighted by atomic mass is 16.5. The van der Waals surface area contributed by atoms with Gasteiger partial charge in [0, 0.05) is 0 Å². The summed E-state index contributed by atoms with van der Waals surface area (Å²) in [6, 6.07) is 0. The lowest BCUT2D eigenvalue weighted by Crippen LogP contribution is -2.10. The van der Waals surface area contributed by atoms with Crippen molar-refractivity contribution in [1.82, 2.24) is 10.1 Å². The van der Waals surface area contributed by atoms with Crippen molar-refractivity contribution in [2.75, 3.05) is 0 Å². The van der Waals surface area contributed by atoms with Gasteiger partial charge in [-0.05, 0) is 0 Å². The largest absolute Gasteiger partial charge is 0.483 e. The van der Waals surface area contributed by atoms with Gasteiger partial charge in [0.05, 0.1) is 0 Å². The van der Waals surface area contributed by atoms with E-state index >= 15 is 0 Å². The van der Waals surface area contributed by atoms with Gasteiger partial charge in [0.1, 0.15) is 0 Å². The minimum atomic E-state index is -0.706. The third-order valence-electron chi connectivity index (χ3n) is 0.572. The van der Waals surface area contributed by atoms with E-state index in [9.17, 15) is 4.79 Å². The number of carbonyl (C=O) groups is 2. The fourth-order valence-corrected chi connectivity index (χ4v) is 0.282. The molecule has 0 aliphatic heterocycles. The van der Waals surface area contributed by atoms with Crippen LogP contribution in [0, 0.1) is 0 Å². The zero-order valence-electron chi connectivity index (χ0n) is 5.30. The molecule has 3 N–H and O–H groups in total. The molecule has 1 aromatic rings. The summed E-state index contributed by atoms with van der Waals surface area (Å²) in [5, 5.41) is 10.0. The molecule has 0 fully saturated rings. The van der Waals surface area contributed by atoms with Gasteiger partial charge in [-0.3, -0.25) is 9.59 Å². The number of hydrogen-bond donors (Lipinski definition) is 2. The monoisotopic (exact) mass is 159 g/mol. The van der Waals surface area contributed by atoms with Crippen LogP contribution >= 0.6 is 0 Å². The van der Waals surface area contributed by atoms with Crippen LogP contribution in [0.1, 0.15) is 10.7 Å². The highest BCUT2D eigenvalue weighted by Crippen LogP contribution is 1.85. The van der Waals surface area contributed by atoms with Crippen LogP contribution in [0.3, 0.4) is 0 Å². The average molecular weight is 159 g/mol. The van der Waals surface area contributed by atoms with Gasteiger partial charge in [-0.15, -0.1) is 0 Å². The average Bonchev–Trinajstić information content (AvgIpc) is 2.38. The summed E-state index contributed by atoms with van der Waals surface area (Å²) >= 11 is 0. The van der Waals surface area contributed by atoms with E-state index in [1.165, 1.54) is 0 Å². The Balaban J connectivity index is 0.000000292. The summed E-state index contributed by atoms with van der Waals surface area (Å²) in [5.41, 5.74) is 4.72. The van der Waals surface area contributed by atoms with E-state index in [1.807, 2.05) is 0 Å². The molecule has 0 aromatic carbocycles. The molecule has 1 amide bonds. The van der Waals surface area contributed by atoms with E-state index in [0.29, 0.717) is 0 Å². The lowest BCUT2D eigenvalue weighted by Gasteiger charge is -1.76. The van der Waals surface area contributed by atoms with E-state index < -0.39 is 5.91 Å². The Morgan fingerprint density at radius 1 is 1.82 bits per heavy atom. The molecule has 0 atom stereocenters. The summed E-state index contributed by atoms with van der Waals surface area (Å²) in [7, 11) is 0. The summed E-state index contributed by atoms with van der Waals surface area (Å²) < 4.78 is 4.26. The molecule has 0 aliphatic rings. The van der Waals surface area contributed by atoms with Gasteiger partial charge in [-0.1, -0.05) is 5.16 Å². The molecule has 1 heterocycles. The van der Waals surface area contributed by atoms with Crippen molar-refractivity contribution < 1.29 is 19.2 Å². The normalized spacial score (nSPS) is 7.64. The van der Waals surface area contributed by atoms with Gasteiger partial charge in [0.15, 0.2) is 6.33 Å². The Morgan fingerprint density at radius 2 is 2.36 bits per heavy atom. The number of rotatable bonds is 1. The van der Waals surface area contributed by atoms with Crippen molar-refractivity contribution in [3.05, 3.63) is 12.2 Å². The van der Waals surface area contributed by atoms with E-state index in [4.69, 9.17) is 15.6 Å². The Hall–Kier alpha value is -1.92. The molecular weight excluding hydrogens is 154 g/mol. The first kappa shape index (κ1) is 9.08. The third-order valence-corrected chi connectivity index (χ3v) is 0.572. The highest BCUT2D eigenvalue weighted by Gasteiger charge is 2.03. The molecule has 0 bridgehead atoms. The fraction of sp³-hybridized carbons (Fsp3) is 0. The smallest absolute Gasteiger partial charge is 0.315 e. The van der Waals surface area contributed by atoms with E-state index in [-0.39, 0.29) is 12.4 Å². The number of carbonyl (C=O) groups excluding carboxylic acids is 1. The molecule has 0 radical (unpaired) electrons. The van der Waals surface area contributed by atoms with Crippen LogP contribution in [0.5, 0.6) is 0 Å². The Bertz CT molecular complexity index is 219. The number of hydrogen-bond acceptors (Lipinski definition) is 5. The number of primary amides is 1. The Morgan fingerprint density at radius 3 is 2.55 bits per heavy atom. The molecule has 0 spiro atoms.